The molecule has 1 atom stereocenters. The van der Waals surface area contributed by atoms with E-state index in [2.05, 4.69) is 25.6 Å². The molecule has 0 radical (unpaired) electrons. The fourth-order valence-electron chi connectivity index (χ4n) is 5.14. The minimum Gasteiger partial charge on any atom is -0.358 e. The first-order valence-corrected chi connectivity index (χ1v) is 16.8. The van der Waals surface area contributed by atoms with Crippen molar-refractivity contribution in [3.8, 4) is 10.6 Å². The first-order valence-electron chi connectivity index (χ1n) is 14.1. The van der Waals surface area contributed by atoms with Gasteiger partial charge in [-0.05, 0) is 72.1 Å². The first kappa shape index (κ1) is 29.1. The van der Waals surface area contributed by atoms with Gasteiger partial charge in [0.05, 0.1) is 39.5 Å². The molecule has 1 unspecified atom stereocenters. The number of anilines is 4. The second-order valence-corrected chi connectivity index (χ2v) is 14.1. The number of imidazole rings is 1. The average Bonchev–Trinajstić information content (AvgIpc) is 3.48. The molecule has 0 spiro atoms. The molecule has 0 bridgehead atoms. The van der Waals surface area contributed by atoms with E-state index < -0.39 is 9.84 Å². The van der Waals surface area contributed by atoms with Crippen molar-refractivity contribution in [2.24, 2.45) is 0 Å². The summed E-state index contributed by atoms with van der Waals surface area (Å²) in [5, 5.41) is 7.44. The summed E-state index contributed by atoms with van der Waals surface area (Å²) in [6.07, 6.45) is 5.61. The third kappa shape index (κ3) is 5.84. The van der Waals surface area contributed by atoms with Crippen molar-refractivity contribution in [3.63, 3.8) is 0 Å². The maximum atomic E-state index is 13.1. The second kappa shape index (κ2) is 11.3. The Morgan fingerprint density at radius 3 is 2.40 bits per heavy atom. The minimum atomic E-state index is -3.61. The van der Waals surface area contributed by atoms with Gasteiger partial charge < -0.3 is 15.4 Å². The van der Waals surface area contributed by atoms with E-state index in [4.69, 9.17) is 14.7 Å². The Morgan fingerprint density at radius 2 is 1.72 bits per heavy atom. The number of thiazole rings is 1. The summed E-state index contributed by atoms with van der Waals surface area (Å²) in [4.78, 5) is 24.7. The van der Waals surface area contributed by atoms with Crippen LogP contribution in [0.4, 0.5) is 23.0 Å². The van der Waals surface area contributed by atoms with Crippen molar-refractivity contribution in [1.29, 1.82) is 0 Å². The average molecular weight is 619 g/mol. The van der Waals surface area contributed by atoms with Crippen molar-refractivity contribution in [2.45, 2.75) is 65.0 Å². The second-order valence-electron chi connectivity index (χ2n) is 10.9. The Kier molecular flexibility index (Phi) is 7.65. The number of sulfone groups is 1. The van der Waals surface area contributed by atoms with E-state index in [0.29, 0.717) is 40.8 Å². The molecule has 43 heavy (non-hydrogen) atoms. The number of hydrogen-bond donors (Lipinski definition) is 2. The van der Waals surface area contributed by atoms with Gasteiger partial charge in [0.2, 0.25) is 0 Å². The first-order chi connectivity index (χ1) is 20.5. The summed E-state index contributed by atoms with van der Waals surface area (Å²) < 4.78 is 34.3. The van der Waals surface area contributed by atoms with Crippen molar-refractivity contribution in [3.05, 3.63) is 58.2 Å². The fourth-order valence-corrected chi connectivity index (χ4v) is 6.91. The van der Waals surface area contributed by atoms with Crippen LogP contribution in [-0.2, 0) is 14.6 Å². The number of pyridine rings is 1. The molecule has 0 saturated carbocycles. The van der Waals surface area contributed by atoms with Crippen LogP contribution in [0.15, 0.2) is 35.4 Å². The van der Waals surface area contributed by atoms with Crippen molar-refractivity contribution in [1.82, 2.24) is 29.5 Å². The third-order valence-corrected chi connectivity index (χ3v) is 9.90. The van der Waals surface area contributed by atoms with Gasteiger partial charge in [-0.25, -0.2) is 28.4 Å². The van der Waals surface area contributed by atoms with Gasteiger partial charge in [-0.2, -0.15) is 0 Å². The van der Waals surface area contributed by atoms with Gasteiger partial charge >= 0.3 is 0 Å². The van der Waals surface area contributed by atoms with E-state index in [9.17, 15) is 8.42 Å². The van der Waals surface area contributed by atoms with Crippen LogP contribution in [-0.4, -0.2) is 50.8 Å². The molecule has 1 aliphatic rings. The molecule has 5 aromatic rings. The molecule has 0 amide bonds. The highest BCUT2D eigenvalue weighted by Gasteiger charge is 2.25. The number of nitrogens with zero attached hydrogens (tertiary/aromatic N) is 6. The van der Waals surface area contributed by atoms with Gasteiger partial charge in [-0.15, -0.1) is 11.3 Å². The van der Waals surface area contributed by atoms with E-state index in [1.54, 1.807) is 29.7 Å². The monoisotopic (exact) mass is 618 g/mol. The number of nitrogens with one attached hydrogen (secondary N) is 2. The molecule has 1 aliphatic heterocycles. The highest BCUT2D eigenvalue weighted by atomic mass is 32.2. The Morgan fingerprint density at radius 1 is 0.907 bits per heavy atom. The zero-order valence-corrected chi connectivity index (χ0v) is 26.7. The molecule has 1 aromatic carbocycles. The number of hydrogen-bond acceptors (Lipinski definition) is 11. The number of ether oxygens (including phenoxy) is 1. The number of benzene rings is 1. The minimum absolute atomic E-state index is 0.168. The van der Waals surface area contributed by atoms with Gasteiger partial charge in [-0.1, -0.05) is 0 Å². The SMILES string of the molecule is Cc1ncc(Nc2cc(Nc3ccc(-c4nc(C)c(C)s4)cc3S(C)(=O)=O)c3nc(C)n(C4CCCCO4)c3n2)nc1C. The number of fused-ring (bicyclic) bond motifs is 1. The molecule has 5 heterocycles. The van der Waals surface area contributed by atoms with Gasteiger partial charge in [0, 0.05) is 29.4 Å². The third-order valence-electron chi connectivity index (χ3n) is 7.64. The Bertz CT molecular complexity index is 1940. The van der Waals surface area contributed by atoms with E-state index in [0.717, 1.165) is 57.6 Å². The Labute approximate surface area is 254 Å². The zero-order valence-electron chi connectivity index (χ0n) is 25.0. The van der Waals surface area contributed by atoms with Gasteiger partial charge in [0.1, 0.15) is 34.2 Å². The van der Waals surface area contributed by atoms with E-state index in [-0.39, 0.29) is 11.1 Å². The predicted molar refractivity (Wildman–Crippen MR) is 169 cm³/mol. The predicted octanol–water partition coefficient (Wildman–Crippen LogP) is 6.48. The molecular formula is C30H34N8O3S2. The van der Waals surface area contributed by atoms with Crippen LogP contribution in [0.1, 0.15) is 53.3 Å². The lowest BCUT2D eigenvalue weighted by Gasteiger charge is -2.25. The Hall–Kier alpha value is -3.94. The van der Waals surface area contributed by atoms with Gasteiger partial charge in [0.15, 0.2) is 15.5 Å². The van der Waals surface area contributed by atoms with Crippen LogP contribution in [0.5, 0.6) is 0 Å². The summed E-state index contributed by atoms with van der Waals surface area (Å²) >= 11 is 1.54. The molecule has 1 fully saturated rings. The molecule has 224 valence electrons. The largest absolute Gasteiger partial charge is 0.358 e. The lowest BCUT2D eigenvalue weighted by Crippen LogP contribution is -2.19. The summed E-state index contributed by atoms with van der Waals surface area (Å²) in [6, 6.07) is 7.15. The molecule has 1 saturated heterocycles. The standard InChI is InChI=1S/C30H34N8O3S2/c1-16-17(2)32-26(15-31-16)36-25-14-23(28-29(37-25)38(20(5)34-28)27-9-7-8-12-41-27)35-22-11-10-21(13-24(22)43(6,39)40)30-33-18(3)19(4)42-30/h10-11,13-15,27H,7-9,12H2,1-6H3,(H2,32,35,36,37). The molecule has 0 aliphatic carbocycles. The van der Waals surface area contributed by atoms with Crippen LogP contribution >= 0.6 is 11.3 Å². The lowest BCUT2D eigenvalue weighted by molar-refractivity contribution is -0.0308. The normalized spacial score (nSPS) is 15.6. The zero-order chi connectivity index (χ0) is 30.5. The van der Waals surface area contributed by atoms with Crippen LogP contribution < -0.4 is 10.6 Å². The van der Waals surface area contributed by atoms with Gasteiger partial charge in [0.25, 0.3) is 0 Å². The summed E-state index contributed by atoms with van der Waals surface area (Å²) in [5.41, 5.74) is 5.60. The molecule has 2 N–H and O–H groups in total. The number of aromatic nitrogens is 6. The van der Waals surface area contributed by atoms with Crippen LogP contribution in [0.3, 0.4) is 0 Å². The van der Waals surface area contributed by atoms with Crippen molar-refractivity contribution in [2.75, 3.05) is 23.5 Å². The van der Waals surface area contributed by atoms with Crippen LogP contribution in [0.25, 0.3) is 21.7 Å². The highest BCUT2D eigenvalue weighted by Crippen LogP contribution is 2.37. The van der Waals surface area contributed by atoms with Crippen molar-refractivity contribution >= 4 is 55.3 Å². The van der Waals surface area contributed by atoms with Crippen molar-refractivity contribution < 1.29 is 13.2 Å². The maximum absolute atomic E-state index is 13.1. The lowest BCUT2D eigenvalue weighted by atomic mass is 10.2. The quantitative estimate of drug-likeness (QED) is 0.209. The molecular weight excluding hydrogens is 585 g/mol. The molecule has 13 heteroatoms. The van der Waals surface area contributed by atoms with E-state index in [1.807, 2.05) is 51.3 Å². The number of aryl methyl sites for hydroxylation is 5. The molecule has 11 nitrogen and oxygen atoms in total. The maximum Gasteiger partial charge on any atom is 0.177 e. The molecule has 4 aromatic heterocycles. The molecule has 6 rings (SSSR count). The fraction of sp³-hybridized carbons (Fsp3) is 0.367. The topological polar surface area (TPSA) is 137 Å². The Balaban J connectivity index is 1.48. The summed E-state index contributed by atoms with van der Waals surface area (Å²) in [7, 11) is -3.61. The van der Waals surface area contributed by atoms with Gasteiger partial charge in [-0.3, -0.25) is 9.55 Å². The van der Waals surface area contributed by atoms with E-state index in [1.165, 1.54) is 6.26 Å². The van der Waals surface area contributed by atoms with Crippen LogP contribution in [0, 0.1) is 34.6 Å². The summed E-state index contributed by atoms with van der Waals surface area (Å²) in [5.74, 6) is 1.82. The summed E-state index contributed by atoms with van der Waals surface area (Å²) in [6.45, 7) is 10.4. The number of rotatable bonds is 7. The van der Waals surface area contributed by atoms with Crippen LogP contribution in [0.2, 0.25) is 0 Å². The highest BCUT2D eigenvalue weighted by molar-refractivity contribution is 7.90. The smallest absolute Gasteiger partial charge is 0.177 e. The van der Waals surface area contributed by atoms with E-state index >= 15 is 0 Å².